The Morgan fingerprint density at radius 3 is 2.48 bits per heavy atom. The zero-order valence-corrected chi connectivity index (χ0v) is 15.0. The van der Waals surface area contributed by atoms with Gasteiger partial charge in [-0.3, -0.25) is 9.78 Å². The third-order valence-electron chi connectivity index (χ3n) is 3.87. The molecule has 1 aromatic carbocycles. The first-order chi connectivity index (χ1) is 13.0. The Labute approximate surface area is 161 Å². The van der Waals surface area contributed by atoms with Crippen LogP contribution in [0.1, 0.15) is 10.5 Å². The number of carbonyl (C=O) groups is 1. The van der Waals surface area contributed by atoms with E-state index >= 15 is 0 Å². The molecule has 0 radical (unpaired) electrons. The molecule has 0 fully saturated rings. The maximum absolute atomic E-state index is 12.6. The van der Waals surface area contributed by atoms with E-state index < -0.39 is 11.6 Å². The molecule has 3 heterocycles. The maximum atomic E-state index is 12.6. The van der Waals surface area contributed by atoms with E-state index in [1.165, 1.54) is 10.6 Å². The van der Waals surface area contributed by atoms with Crippen molar-refractivity contribution in [3.8, 4) is 17.1 Å². The fraction of sp³-hybridized carbons (Fsp3) is 0. The molecular formula is C17H10Cl2N6O2. The van der Waals surface area contributed by atoms with Gasteiger partial charge in [-0.1, -0.05) is 23.2 Å². The molecule has 0 saturated carbocycles. The Hall–Kier alpha value is -3.23. The highest BCUT2D eigenvalue weighted by atomic mass is 35.5. The minimum atomic E-state index is -0.791. The highest BCUT2D eigenvalue weighted by molar-refractivity contribution is 6.42. The fourth-order valence-corrected chi connectivity index (χ4v) is 2.95. The summed E-state index contributed by atoms with van der Waals surface area (Å²) in [6, 6.07) is 8.06. The van der Waals surface area contributed by atoms with Crippen LogP contribution in [0.4, 0.5) is 0 Å². The number of primary amides is 1. The van der Waals surface area contributed by atoms with Crippen LogP contribution >= 0.6 is 23.2 Å². The normalized spacial score (nSPS) is 11.0. The summed E-state index contributed by atoms with van der Waals surface area (Å²) >= 11 is 12.0. The molecule has 0 saturated heterocycles. The second kappa shape index (κ2) is 6.49. The Balaban J connectivity index is 2.07. The zero-order chi connectivity index (χ0) is 19.1. The van der Waals surface area contributed by atoms with Crippen LogP contribution in [0.15, 0.2) is 47.5 Å². The molecular weight excluding hydrogens is 391 g/mol. The summed E-state index contributed by atoms with van der Waals surface area (Å²) in [4.78, 5) is 39.6. The van der Waals surface area contributed by atoms with Gasteiger partial charge < -0.3 is 10.7 Å². The largest absolute Gasteiger partial charge is 0.364 e. The highest BCUT2D eigenvalue weighted by Gasteiger charge is 2.20. The number of imidazole rings is 1. The van der Waals surface area contributed by atoms with E-state index in [1.54, 1.807) is 36.7 Å². The Kier molecular flexibility index (Phi) is 4.14. The van der Waals surface area contributed by atoms with E-state index in [0.29, 0.717) is 16.3 Å². The zero-order valence-electron chi connectivity index (χ0n) is 13.5. The minimum absolute atomic E-state index is 0.0947. The van der Waals surface area contributed by atoms with Crippen LogP contribution in [0.2, 0.25) is 10.0 Å². The third-order valence-corrected chi connectivity index (χ3v) is 4.61. The van der Waals surface area contributed by atoms with Crippen LogP contribution in [-0.2, 0) is 0 Å². The molecule has 4 rings (SSSR count). The van der Waals surface area contributed by atoms with Gasteiger partial charge in [0.15, 0.2) is 17.2 Å². The van der Waals surface area contributed by atoms with Crippen LogP contribution < -0.4 is 11.4 Å². The number of nitrogens with two attached hydrogens (primary N) is 1. The number of pyridine rings is 1. The lowest BCUT2D eigenvalue weighted by Crippen LogP contribution is -2.15. The molecule has 3 N–H and O–H groups in total. The van der Waals surface area contributed by atoms with Crippen molar-refractivity contribution in [2.24, 2.45) is 5.73 Å². The topological polar surface area (TPSA) is 120 Å². The molecule has 0 aliphatic rings. The smallest absolute Gasteiger partial charge is 0.332 e. The molecule has 134 valence electrons. The summed E-state index contributed by atoms with van der Waals surface area (Å²) in [5, 5.41) is 0.618. The summed E-state index contributed by atoms with van der Waals surface area (Å²) in [5.74, 6) is -0.563. The first-order valence-electron chi connectivity index (χ1n) is 7.64. The number of hydrogen-bond acceptors (Lipinski definition) is 5. The summed E-state index contributed by atoms with van der Waals surface area (Å²) < 4.78 is 1.27. The van der Waals surface area contributed by atoms with E-state index in [4.69, 9.17) is 28.9 Å². The number of nitrogens with zero attached hydrogens (tertiary/aromatic N) is 4. The van der Waals surface area contributed by atoms with Gasteiger partial charge in [-0.15, -0.1) is 0 Å². The van der Waals surface area contributed by atoms with Gasteiger partial charge in [-0.25, -0.2) is 19.3 Å². The Morgan fingerprint density at radius 2 is 1.81 bits per heavy atom. The molecule has 0 unspecified atom stereocenters. The number of H-pyrrole nitrogens is 1. The molecule has 0 atom stereocenters. The second-order valence-electron chi connectivity index (χ2n) is 5.56. The maximum Gasteiger partial charge on any atom is 0.332 e. The first kappa shape index (κ1) is 17.2. The van der Waals surface area contributed by atoms with Crippen LogP contribution in [0, 0.1) is 0 Å². The van der Waals surface area contributed by atoms with Crippen molar-refractivity contribution < 1.29 is 4.79 Å². The van der Waals surface area contributed by atoms with Gasteiger partial charge in [0.2, 0.25) is 0 Å². The van der Waals surface area contributed by atoms with Gasteiger partial charge in [0.1, 0.15) is 5.52 Å². The second-order valence-corrected chi connectivity index (χ2v) is 6.37. The lowest BCUT2D eigenvalue weighted by atomic mass is 10.2. The van der Waals surface area contributed by atoms with Crippen molar-refractivity contribution in [1.29, 1.82) is 0 Å². The van der Waals surface area contributed by atoms with Crippen LogP contribution in [0.5, 0.6) is 0 Å². The monoisotopic (exact) mass is 400 g/mol. The van der Waals surface area contributed by atoms with Gasteiger partial charge in [-0.05, 0) is 30.3 Å². The Bertz CT molecular complexity index is 1250. The summed E-state index contributed by atoms with van der Waals surface area (Å²) in [5.41, 5.74) is 6.21. The van der Waals surface area contributed by atoms with Crippen molar-refractivity contribution in [2.45, 2.75) is 0 Å². The van der Waals surface area contributed by atoms with Gasteiger partial charge in [0.25, 0.3) is 5.91 Å². The van der Waals surface area contributed by atoms with Crippen molar-refractivity contribution in [2.75, 3.05) is 0 Å². The molecule has 1 amide bonds. The molecule has 0 bridgehead atoms. The molecule has 4 aromatic rings. The van der Waals surface area contributed by atoms with E-state index in [1.807, 2.05) is 0 Å². The van der Waals surface area contributed by atoms with E-state index in [-0.39, 0.29) is 27.7 Å². The third kappa shape index (κ3) is 2.94. The molecule has 27 heavy (non-hydrogen) atoms. The highest BCUT2D eigenvalue weighted by Crippen LogP contribution is 2.26. The number of amides is 1. The number of aromatic amines is 1. The lowest BCUT2D eigenvalue weighted by Gasteiger charge is -2.07. The van der Waals surface area contributed by atoms with Gasteiger partial charge in [0, 0.05) is 18.0 Å². The van der Waals surface area contributed by atoms with E-state index in [0.717, 1.165) is 0 Å². The quantitative estimate of drug-likeness (QED) is 0.547. The standard InChI is InChI=1S/C17H10Cl2N6O2/c18-10-2-1-9(7-11(10)19)25-16-13(23-17(25)27)12(14(20)26)22-15(24-16)8-3-5-21-6-4-8/h1-7H,(H2,20,26)(H,23,27). The van der Waals surface area contributed by atoms with Crippen molar-refractivity contribution in [1.82, 2.24) is 24.5 Å². The lowest BCUT2D eigenvalue weighted by molar-refractivity contribution is 0.0997. The predicted octanol–water partition coefficient (Wildman–Crippen LogP) is 2.58. The summed E-state index contributed by atoms with van der Waals surface area (Å²) in [6.45, 7) is 0. The van der Waals surface area contributed by atoms with Crippen molar-refractivity contribution >= 4 is 40.3 Å². The van der Waals surface area contributed by atoms with Gasteiger partial charge in [0.05, 0.1) is 15.7 Å². The fourth-order valence-electron chi connectivity index (χ4n) is 2.66. The summed E-state index contributed by atoms with van der Waals surface area (Å²) in [7, 11) is 0. The van der Waals surface area contributed by atoms with Crippen molar-refractivity contribution in [3.63, 3.8) is 0 Å². The van der Waals surface area contributed by atoms with E-state index in [9.17, 15) is 9.59 Å². The van der Waals surface area contributed by atoms with Crippen LogP contribution in [0.3, 0.4) is 0 Å². The SMILES string of the molecule is NC(=O)c1nc(-c2ccncc2)nc2c1[nH]c(=O)n2-c1ccc(Cl)c(Cl)c1. The van der Waals surface area contributed by atoms with Crippen LogP contribution in [-0.4, -0.2) is 30.4 Å². The average molecular weight is 401 g/mol. The molecule has 0 aliphatic carbocycles. The number of nitrogens with one attached hydrogen (secondary N) is 1. The summed E-state index contributed by atoms with van der Waals surface area (Å²) in [6.07, 6.45) is 3.13. The predicted molar refractivity (Wildman–Crippen MR) is 101 cm³/mol. The minimum Gasteiger partial charge on any atom is -0.364 e. The number of benzene rings is 1. The average Bonchev–Trinajstić information content (AvgIpc) is 2.99. The molecule has 0 aliphatic heterocycles. The number of hydrogen-bond donors (Lipinski definition) is 2. The van der Waals surface area contributed by atoms with Crippen LogP contribution in [0.25, 0.3) is 28.2 Å². The molecule has 10 heteroatoms. The van der Waals surface area contributed by atoms with E-state index in [2.05, 4.69) is 19.9 Å². The molecule has 0 spiro atoms. The van der Waals surface area contributed by atoms with Crippen molar-refractivity contribution in [3.05, 3.63) is 68.9 Å². The number of carbonyl (C=O) groups excluding carboxylic acids is 1. The van der Waals surface area contributed by atoms with Gasteiger partial charge >= 0.3 is 5.69 Å². The molecule has 8 nitrogen and oxygen atoms in total. The first-order valence-corrected chi connectivity index (χ1v) is 8.39. The number of fused-ring (bicyclic) bond motifs is 1. The molecule has 3 aromatic heterocycles. The number of aromatic nitrogens is 5. The number of halogens is 2. The number of rotatable bonds is 3. The van der Waals surface area contributed by atoms with Gasteiger partial charge in [-0.2, -0.15) is 0 Å². The Morgan fingerprint density at radius 1 is 1.07 bits per heavy atom.